The number of ether oxygens (including phenoxy) is 1. The molecule has 0 saturated carbocycles. The lowest BCUT2D eigenvalue weighted by Crippen LogP contribution is -2.42. The van der Waals surface area contributed by atoms with E-state index in [0.29, 0.717) is 42.8 Å². The summed E-state index contributed by atoms with van der Waals surface area (Å²) < 4.78 is 44.9. The summed E-state index contributed by atoms with van der Waals surface area (Å²) in [6, 6.07) is 11.5. The first kappa shape index (κ1) is 25.8. The van der Waals surface area contributed by atoms with Crippen molar-refractivity contribution < 1.29 is 27.5 Å². The monoisotopic (exact) mass is 501 g/mol. The fourth-order valence-electron chi connectivity index (χ4n) is 4.93. The summed E-state index contributed by atoms with van der Waals surface area (Å²) in [4.78, 5) is 28.3. The van der Waals surface area contributed by atoms with Gasteiger partial charge in [-0.05, 0) is 41.7 Å². The number of methoxy groups -OCH3 is 1. The van der Waals surface area contributed by atoms with Crippen LogP contribution in [0.2, 0.25) is 0 Å². The fourth-order valence-corrected chi connectivity index (χ4v) is 4.93. The largest absolute Gasteiger partial charge is 0.416 e. The van der Waals surface area contributed by atoms with E-state index >= 15 is 0 Å². The molecule has 0 radical (unpaired) electrons. The third-order valence-electron chi connectivity index (χ3n) is 6.50. The Hall–Kier alpha value is -3.33. The normalized spacial score (nSPS) is 19.2. The highest BCUT2D eigenvalue weighted by atomic mass is 19.4. The Morgan fingerprint density at radius 3 is 2.50 bits per heavy atom. The molecule has 4 rings (SSSR count). The van der Waals surface area contributed by atoms with Gasteiger partial charge in [0, 0.05) is 31.3 Å². The number of carbonyl (C=O) groups is 2. The van der Waals surface area contributed by atoms with Gasteiger partial charge in [-0.2, -0.15) is 13.2 Å². The number of alkyl halides is 3. The van der Waals surface area contributed by atoms with Crippen molar-refractivity contribution in [2.45, 2.75) is 38.9 Å². The van der Waals surface area contributed by atoms with Crippen LogP contribution in [0.1, 0.15) is 43.9 Å². The molecule has 0 fully saturated rings. The third-order valence-corrected chi connectivity index (χ3v) is 6.50. The van der Waals surface area contributed by atoms with Gasteiger partial charge in [-0.1, -0.05) is 38.1 Å². The third kappa shape index (κ3) is 5.41. The zero-order valence-corrected chi connectivity index (χ0v) is 20.5. The Bertz CT molecular complexity index is 1170. The van der Waals surface area contributed by atoms with Crippen molar-refractivity contribution in [3.05, 3.63) is 70.9 Å². The van der Waals surface area contributed by atoms with Gasteiger partial charge < -0.3 is 20.3 Å². The molecule has 1 unspecified atom stereocenters. The molecule has 0 saturated heterocycles. The SMILES string of the molecule is COCCNC(=O)CN1c2ccccc2NC2=C(C(=O)CC(C)(C)C2)C1c1ccc(C(F)(F)F)cc1. The highest BCUT2D eigenvalue weighted by Gasteiger charge is 2.42. The summed E-state index contributed by atoms with van der Waals surface area (Å²) in [5.41, 5.74) is 2.08. The molecule has 1 amide bonds. The standard InChI is InChI=1S/C27H30F3N3O3/c1-26(2)14-20-24(22(34)15-26)25(17-8-10-18(11-9-17)27(28,29)30)33(16-23(35)31-12-13-36-3)21-7-5-4-6-19(21)32-20/h4-11,25,32H,12-16H2,1-3H3,(H,31,35). The topological polar surface area (TPSA) is 70.7 Å². The number of benzene rings is 2. The van der Waals surface area contributed by atoms with E-state index in [9.17, 15) is 22.8 Å². The van der Waals surface area contributed by atoms with Crippen LogP contribution in [0.15, 0.2) is 59.8 Å². The van der Waals surface area contributed by atoms with Crippen LogP contribution in [-0.4, -0.2) is 38.5 Å². The van der Waals surface area contributed by atoms with Crippen molar-refractivity contribution in [2.24, 2.45) is 5.41 Å². The van der Waals surface area contributed by atoms with Gasteiger partial charge in [-0.3, -0.25) is 9.59 Å². The molecule has 36 heavy (non-hydrogen) atoms. The number of halogens is 3. The van der Waals surface area contributed by atoms with Crippen LogP contribution in [0, 0.1) is 5.41 Å². The van der Waals surface area contributed by atoms with Gasteiger partial charge >= 0.3 is 6.18 Å². The molecule has 2 N–H and O–H groups in total. The Morgan fingerprint density at radius 2 is 1.83 bits per heavy atom. The van der Waals surface area contributed by atoms with Crippen LogP contribution in [-0.2, 0) is 20.5 Å². The number of allylic oxidation sites excluding steroid dienone is 1. The van der Waals surface area contributed by atoms with E-state index in [1.807, 2.05) is 38.1 Å². The summed E-state index contributed by atoms with van der Waals surface area (Å²) in [7, 11) is 1.54. The molecule has 6 nitrogen and oxygen atoms in total. The Balaban J connectivity index is 1.86. The number of hydrogen-bond donors (Lipinski definition) is 2. The molecule has 0 aromatic heterocycles. The molecule has 1 aliphatic carbocycles. The molecule has 1 atom stereocenters. The first-order chi connectivity index (χ1) is 17.0. The molecule has 2 aromatic carbocycles. The van der Waals surface area contributed by atoms with Gasteiger partial charge in [0.05, 0.1) is 36.1 Å². The number of fused-ring (bicyclic) bond motifs is 1. The lowest BCUT2D eigenvalue weighted by molar-refractivity contribution is -0.137. The lowest BCUT2D eigenvalue weighted by atomic mass is 9.73. The van der Waals surface area contributed by atoms with Crippen molar-refractivity contribution in [3.8, 4) is 0 Å². The second kappa shape index (κ2) is 9.97. The minimum atomic E-state index is -4.48. The minimum Gasteiger partial charge on any atom is -0.383 e. The second-order valence-corrected chi connectivity index (χ2v) is 9.97. The van der Waals surface area contributed by atoms with Gasteiger partial charge in [0.2, 0.25) is 5.91 Å². The number of rotatable bonds is 6. The average Bonchev–Trinajstić information content (AvgIpc) is 2.92. The van der Waals surface area contributed by atoms with Crippen LogP contribution in [0.5, 0.6) is 0 Å². The van der Waals surface area contributed by atoms with E-state index in [1.165, 1.54) is 19.2 Å². The molecule has 1 aliphatic heterocycles. The molecule has 2 aliphatic rings. The van der Waals surface area contributed by atoms with Crippen LogP contribution in [0.3, 0.4) is 0 Å². The van der Waals surface area contributed by atoms with Crippen LogP contribution >= 0.6 is 0 Å². The van der Waals surface area contributed by atoms with Crippen LogP contribution in [0.25, 0.3) is 0 Å². The van der Waals surface area contributed by atoms with E-state index in [1.54, 1.807) is 4.90 Å². The minimum absolute atomic E-state index is 0.0868. The maximum absolute atomic E-state index is 13.6. The molecule has 0 bridgehead atoms. The van der Waals surface area contributed by atoms with Gasteiger partial charge in [-0.25, -0.2) is 0 Å². The zero-order chi connectivity index (χ0) is 26.1. The van der Waals surface area contributed by atoms with Crippen molar-refractivity contribution in [3.63, 3.8) is 0 Å². The van der Waals surface area contributed by atoms with Crippen LogP contribution < -0.4 is 15.5 Å². The summed E-state index contributed by atoms with van der Waals surface area (Å²) in [5, 5.41) is 6.23. The molecule has 1 heterocycles. The maximum atomic E-state index is 13.6. The van der Waals surface area contributed by atoms with Crippen molar-refractivity contribution >= 4 is 23.1 Å². The number of ketones is 1. The van der Waals surface area contributed by atoms with Gasteiger partial charge in [0.25, 0.3) is 0 Å². The number of hydrogen-bond acceptors (Lipinski definition) is 5. The van der Waals surface area contributed by atoms with Gasteiger partial charge in [-0.15, -0.1) is 0 Å². The van der Waals surface area contributed by atoms with E-state index in [-0.39, 0.29) is 23.7 Å². The Morgan fingerprint density at radius 1 is 1.14 bits per heavy atom. The smallest absolute Gasteiger partial charge is 0.383 e. The van der Waals surface area contributed by atoms with E-state index in [0.717, 1.165) is 23.5 Å². The number of nitrogens with one attached hydrogen (secondary N) is 2. The number of amides is 1. The number of para-hydroxylation sites is 2. The zero-order valence-electron chi connectivity index (χ0n) is 20.5. The second-order valence-electron chi connectivity index (χ2n) is 9.97. The molecular formula is C27H30F3N3O3. The summed E-state index contributed by atoms with van der Waals surface area (Å²) in [6.07, 6.45) is -3.59. The van der Waals surface area contributed by atoms with Crippen molar-refractivity contribution in [1.29, 1.82) is 0 Å². The van der Waals surface area contributed by atoms with E-state index < -0.39 is 17.8 Å². The molecule has 192 valence electrons. The van der Waals surface area contributed by atoms with Gasteiger partial charge in [0.1, 0.15) is 0 Å². The fraction of sp³-hybridized carbons (Fsp3) is 0.407. The first-order valence-corrected chi connectivity index (χ1v) is 11.8. The quantitative estimate of drug-likeness (QED) is 0.540. The van der Waals surface area contributed by atoms with Gasteiger partial charge in [0.15, 0.2) is 5.78 Å². The molecule has 9 heteroatoms. The molecular weight excluding hydrogens is 471 g/mol. The van der Waals surface area contributed by atoms with E-state index in [4.69, 9.17) is 4.74 Å². The summed E-state index contributed by atoms with van der Waals surface area (Å²) >= 11 is 0. The Kier molecular flexibility index (Phi) is 7.13. The number of nitrogens with zero attached hydrogens (tertiary/aromatic N) is 1. The van der Waals surface area contributed by atoms with Crippen molar-refractivity contribution in [2.75, 3.05) is 37.0 Å². The number of Topliss-reactive ketones (excluding diaryl/α,β-unsaturated/α-hetero) is 1. The predicted molar refractivity (Wildman–Crippen MR) is 132 cm³/mol. The molecule has 2 aromatic rings. The first-order valence-electron chi connectivity index (χ1n) is 11.8. The maximum Gasteiger partial charge on any atom is 0.416 e. The summed E-state index contributed by atoms with van der Waals surface area (Å²) in [6.45, 7) is 4.59. The Labute approximate surface area is 208 Å². The van der Waals surface area contributed by atoms with Crippen molar-refractivity contribution in [1.82, 2.24) is 5.32 Å². The predicted octanol–water partition coefficient (Wildman–Crippen LogP) is 5.08. The number of anilines is 2. The van der Waals surface area contributed by atoms with Crippen LogP contribution in [0.4, 0.5) is 24.5 Å². The molecule has 0 spiro atoms. The number of carbonyl (C=O) groups excluding carboxylic acids is 2. The highest BCUT2D eigenvalue weighted by Crippen LogP contribution is 2.48. The lowest BCUT2D eigenvalue weighted by Gasteiger charge is -2.38. The average molecular weight is 502 g/mol. The highest BCUT2D eigenvalue weighted by molar-refractivity contribution is 6.01. The summed E-state index contributed by atoms with van der Waals surface area (Å²) in [5.74, 6) is -0.373. The van der Waals surface area contributed by atoms with E-state index in [2.05, 4.69) is 10.6 Å².